The number of halogens is 1. The molecule has 2 aliphatic rings. The van der Waals surface area contributed by atoms with Crippen LogP contribution in [0.5, 0.6) is 0 Å². The molecule has 1 saturated heterocycles. The van der Waals surface area contributed by atoms with Gasteiger partial charge in [0, 0.05) is 30.7 Å². The Morgan fingerprint density at radius 1 is 1.29 bits per heavy atom. The van der Waals surface area contributed by atoms with Crippen molar-refractivity contribution in [1.82, 2.24) is 10.2 Å². The van der Waals surface area contributed by atoms with Crippen LogP contribution in [0.3, 0.4) is 0 Å². The van der Waals surface area contributed by atoms with Gasteiger partial charge in [-0.25, -0.2) is 4.39 Å². The Hall–Kier alpha value is -0.930. The van der Waals surface area contributed by atoms with Gasteiger partial charge in [-0.3, -0.25) is 4.90 Å². The maximum Gasteiger partial charge on any atom is 0.123 e. The smallest absolute Gasteiger partial charge is 0.123 e. The van der Waals surface area contributed by atoms with Gasteiger partial charge in [0.2, 0.25) is 0 Å². The molecule has 1 aliphatic carbocycles. The van der Waals surface area contributed by atoms with Gasteiger partial charge < -0.3 is 5.32 Å². The van der Waals surface area contributed by atoms with Crippen LogP contribution < -0.4 is 5.32 Å². The molecule has 0 aromatic heterocycles. The van der Waals surface area contributed by atoms with Gasteiger partial charge in [-0.05, 0) is 44.4 Å². The van der Waals surface area contributed by atoms with E-state index < -0.39 is 0 Å². The van der Waals surface area contributed by atoms with Gasteiger partial charge >= 0.3 is 0 Å². The molecule has 0 bridgehead atoms. The first kappa shape index (κ1) is 15.0. The van der Waals surface area contributed by atoms with E-state index in [1.165, 1.54) is 38.2 Å². The maximum absolute atomic E-state index is 13.5. The SMILES string of the molecule is CC1CNC2(CCCCC2)CN1C(C)c1cccc(F)c1. The molecule has 2 fully saturated rings. The fourth-order valence-electron chi connectivity index (χ4n) is 4.08. The van der Waals surface area contributed by atoms with E-state index in [9.17, 15) is 4.39 Å². The topological polar surface area (TPSA) is 15.3 Å². The summed E-state index contributed by atoms with van der Waals surface area (Å²) < 4.78 is 13.5. The summed E-state index contributed by atoms with van der Waals surface area (Å²) in [6, 6.07) is 7.86. The maximum atomic E-state index is 13.5. The molecule has 1 aromatic rings. The highest BCUT2D eigenvalue weighted by Gasteiger charge is 2.40. The molecule has 116 valence electrons. The van der Waals surface area contributed by atoms with Gasteiger partial charge in [-0.15, -0.1) is 0 Å². The van der Waals surface area contributed by atoms with Gasteiger partial charge in [-0.1, -0.05) is 31.4 Å². The van der Waals surface area contributed by atoms with Crippen LogP contribution in [0.1, 0.15) is 57.6 Å². The normalized spacial score (nSPS) is 27.7. The fourth-order valence-corrected chi connectivity index (χ4v) is 4.08. The molecule has 1 aromatic carbocycles. The number of piperazine rings is 1. The number of hydrogen-bond acceptors (Lipinski definition) is 2. The minimum absolute atomic E-state index is 0.130. The number of hydrogen-bond donors (Lipinski definition) is 1. The molecule has 1 saturated carbocycles. The van der Waals surface area contributed by atoms with E-state index >= 15 is 0 Å². The molecule has 2 unspecified atom stereocenters. The Morgan fingerprint density at radius 3 is 2.76 bits per heavy atom. The molecule has 3 rings (SSSR count). The number of benzene rings is 1. The van der Waals surface area contributed by atoms with Gasteiger partial charge in [0.1, 0.15) is 5.82 Å². The fraction of sp³-hybridized carbons (Fsp3) is 0.667. The van der Waals surface area contributed by atoms with E-state index in [2.05, 4.69) is 30.1 Å². The van der Waals surface area contributed by atoms with Crippen molar-refractivity contribution >= 4 is 0 Å². The molecular weight excluding hydrogens is 263 g/mol. The molecule has 3 heteroatoms. The lowest BCUT2D eigenvalue weighted by Crippen LogP contribution is -2.64. The first-order valence-corrected chi connectivity index (χ1v) is 8.36. The predicted molar refractivity (Wildman–Crippen MR) is 84.8 cm³/mol. The van der Waals surface area contributed by atoms with Gasteiger partial charge in [0.05, 0.1) is 0 Å². The van der Waals surface area contributed by atoms with Crippen LogP contribution in [0.2, 0.25) is 0 Å². The second kappa shape index (κ2) is 6.05. The average Bonchev–Trinajstić information content (AvgIpc) is 2.50. The Kier molecular flexibility index (Phi) is 4.32. The van der Waals surface area contributed by atoms with Crippen LogP contribution in [0, 0.1) is 5.82 Å². The molecule has 2 nitrogen and oxygen atoms in total. The van der Waals surface area contributed by atoms with Crippen molar-refractivity contribution in [3.05, 3.63) is 35.6 Å². The zero-order valence-corrected chi connectivity index (χ0v) is 13.2. The highest BCUT2D eigenvalue weighted by molar-refractivity contribution is 5.20. The van der Waals surface area contributed by atoms with Crippen LogP contribution in [0.4, 0.5) is 4.39 Å². The summed E-state index contributed by atoms with van der Waals surface area (Å²) >= 11 is 0. The van der Waals surface area contributed by atoms with Crippen LogP contribution in [0.15, 0.2) is 24.3 Å². The quantitative estimate of drug-likeness (QED) is 0.889. The van der Waals surface area contributed by atoms with E-state index in [0.29, 0.717) is 11.6 Å². The van der Waals surface area contributed by atoms with Crippen LogP contribution in [0.25, 0.3) is 0 Å². The summed E-state index contributed by atoms with van der Waals surface area (Å²) in [5, 5.41) is 3.82. The second-order valence-electron chi connectivity index (χ2n) is 6.97. The molecule has 1 N–H and O–H groups in total. The summed E-state index contributed by atoms with van der Waals surface area (Å²) in [4.78, 5) is 2.57. The van der Waals surface area contributed by atoms with Crippen molar-refractivity contribution in [1.29, 1.82) is 0 Å². The lowest BCUT2D eigenvalue weighted by molar-refractivity contribution is 0.0355. The minimum Gasteiger partial charge on any atom is -0.308 e. The Bertz CT molecular complexity index is 482. The largest absolute Gasteiger partial charge is 0.308 e. The first-order valence-electron chi connectivity index (χ1n) is 8.36. The van der Waals surface area contributed by atoms with Gasteiger partial charge in [0.15, 0.2) is 0 Å². The summed E-state index contributed by atoms with van der Waals surface area (Å²) in [6.07, 6.45) is 6.61. The van der Waals surface area contributed by atoms with Crippen molar-refractivity contribution in [3.8, 4) is 0 Å². The molecule has 1 spiro atoms. The van der Waals surface area contributed by atoms with E-state index in [0.717, 1.165) is 18.7 Å². The minimum atomic E-state index is -0.130. The van der Waals surface area contributed by atoms with Crippen molar-refractivity contribution in [3.63, 3.8) is 0 Å². The van der Waals surface area contributed by atoms with Crippen molar-refractivity contribution in [2.24, 2.45) is 0 Å². The molecule has 2 atom stereocenters. The third-order valence-electron chi connectivity index (χ3n) is 5.46. The van der Waals surface area contributed by atoms with E-state index in [-0.39, 0.29) is 11.9 Å². The second-order valence-corrected chi connectivity index (χ2v) is 6.97. The summed E-state index contributed by atoms with van der Waals surface area (Å²) in [7, 11) is 0. The van der Waals surface area contributed by atoms with Crippen LogP contribution in [-0.4, -0.2) is 29.6 Å². The first-order chi connectivity index (χ1) is 10.1. The summed E-state index contributed by atoms with van der Waals surface area (Å²) in [5.41, 5.74) is 1.39. The van der Waals surface area contributed by atoms with E-state index in [1.807, 2.05) is 6.07 Å². The molecule has 1 aliphatic heterocycles. The number of nitrogens with one attached hydrogen (secondary N) is 1. The van der Waals surface area contributed by atoms with E-state index in [4.69, 9.17) is 0 Å². The molecular formula is C18H27FN2. The third-order valence-corrected chi connectivity index (χ3v) is 5.46. The predicted octanol–water partition coefficient (Wildman–Crippen LogP) is 3.88. The van der Waals surface area contributed by atoms with Crippen molar-refractivity contribution in [2.75, 3.05) is 13.1 Å². The highest BCUT2D eigenvalue weighted by atomic mass is 19.1. The molecule has 0 radical (unpaired) electrons. The summed E-state index contributed by atoms with van der Waals surface area (Å²) in [6.45, 7) is 6.62. The van der Waals surface area contributed by atoms with Crippen molar-refractivity contribution < 1.29 is 4.39 Å². The Balaban J connectivity index is 1.78. The Labute approximate surface area is 127 Å². The van der Waals surface area contributed by atoms with Gasteiger partial charge in [-0.2, -0.15) is 0 Å². The number of rotatable bonds is 2. The van der Waals surface area contributed by atoms with Gasteiger partial charge in [0.25, 0.3) is 0 Å². The molecule has 1 heterocycles. The molecule has 0 amide bonds. The lowest BCUT2D eigenvalue weighted by Gasteiger charge is -2.51. The highest BCUT2D eigenvalue weighted by Crippen LogP contribution is 2.35. The average molecular weight is 290 g/mol. The van der Waals surface area contributed by atoms with Crippen molar-refractivity contribution in [2.45, 2.75) is 63.6 Å². The molecule has 21 heavy (non-hydrogen) atoms. The standard InChI is InChI=1S/C18H27FN2/c1-14-12-20-18(9-4-3-5-10-18)13-21(14)15(2)16-7-6-8-17(19)11-16/h6-8,11,14-15,20H,3-5,9-10,12-13H2,1-2H3. The summed E-state index contributed by atoms with van der Waals surface area (Å²) in [5.74, 6) is -0.130. The monoisotopic (exact) mass is 290 g/mol. The zero-order valence-electron chi connectivity index (χ0n) is 13.2. The number of nitrogens with zero attached hydrogens (tertiary/aromatic N) is 1. The zero-order chi connectivity index (χ0) is 14.9. The third kappa shape index (κ3) is 3.14. The van der Waals surface area contributed by atoms with E-state index in [1.54, 1.807) is 6.07 Å². The van der Waals surface area contributed by atoms with Crippen LogP contribution >= 0.6 is 0 Å². The Morgan fingerprint density at radius 2 is 2.05 bits per heavy atom. The lowest BCUT2D eigenvalue weighted by atomic mass is 9.79. The van der Waals surface area contributed by atoms with Crippen LogP contribution in [-0.2, 0) is 0 Å².